The van der Waals surface area contributed by atoms with Crippen LogP contribution in [-0.2, 0) is 14.3 Å². The van der Waals surface area contributed by atoms with Crippen molar-refractivity contribution < 1.29 is 18.7 Å². The lowest BCUT2D eigenvalue weighted by molar-refractivity contribution is -0.134. The van der Waals surface area contributed by atoms with Gasteiger partial charge in [0.2, 0.25) is 11.8 Å². The summed E-state index contributed by atoms with van der Waals surface area (Å²) in [5.74, 6) is -0.135. The SMILES string of the molecule is Cc1ccc(-n2nc(-c3ccccc3)c3c2N(CC(=O)N2CCOCC2)C(=O)CS[C@H]3c2ccccc2F)c(C)c1. The van der Waals surface area contributed by atoms with Gasteiger partial charge in [-0.25, -0.2) is 9.07 Å². The molecule has 3 heterocycles. The zero-order valence-electron chi connectivity index (χ0n) is 23.0. The number of morpholine rings is 1. The Hall–Kier alpha value is -3.95. The molecule has 2 aliphatic rings. The molecule has 210 valence electrons. The van der Waals surface area contributed by atoms with E-state index in [4.69, 9.17) is 9.84 Å². The van der Waals surface area contributed by atoms with Crippen molar-refractivity contribution in [2.75, 3.05) is 43.5 Å². The average Bonchev–Trinajstić information content (AvgIpc) is 3.30. The van der Waals surface area contributed by atoms with Gasteiger partial charge < -0.3 is 9.64 Å². The van der Waals surface area contributed by atoms with Gasteiger partial charge in [0.15, 0.2) is 0 Å². The quantitative estimate of drug-likeness (QED) is 0.325. The van der Waals surface area contributed by atoms with Crippen molar-refractivity contribution in [3.63, 3.8) is 0 Å². The molecule has 3 aromatic carbocycles. The molecule has 7 nitrogen and oxygen atoms in total. The summed E-state index contributed by atoms with van der Waals surface area (Å²) in [6.07, 6.45) is 0. The van der Waals surface area contributed by atoms with Gasteiger partial charge in [-0.15, -0.1) is 11.8 Å². The Kier molecular flexibility index (Phi) is 7.64. The maximum Gasteiger partial charge on any atom is 0.242 e. The molecule has 0 aliphatic carbocycles. The lowest BCUT2D eigenvalue weighted by Crippen LogP contribution is -2.48. The molecule has 1 saturated heterocycles. The van der Waals surface area contributed by atoms with Crippen LogP contribution in [0.5, 0.6) is 0 Å². The molecule has 0 radical (unpaired) electrons. The van der Waals surface area contributed by atoms with Gasteiger partial charge in [-0.05, 0) is 31.5 Å². The highest BCUT2D eigenvalue weighted by atomic mass is 32.2. The molecule has 1 fully saturated rings. The molecular weight excluding hydrogens is 539 g/mol. The number of hydrogen-bond acceptors (Lipinski definition) is 5. The van der Waals surface area contributed by atoms with Crippen molar-refractivity contribution in [3.8, 4) is 16.9 Å². The predicted octanol–water partition coefficient (Wildman–Crippen LogP) is 5.32. The Morgan fingerprint density at radius 2 is 1.76 bits per heavy atom. The van der Waals surface area contributed by atoms with E-state index in [2.05, 4.69) is 6.07 Å². The second-order valence-electron chi connectivity index (χ2n) is 10.3. The van der Waals surface area contributed by atoms with Crippen LogP contribution in [0.25, 0.3) is 16.9 Å². The number of nitrogens with zero attached hydrogens (tertiary/aromatic N) is 4. The van der Waals surface area contributed by atoms with E-state index in [1.54, 1.807) is 26.6 Å². The van der Waals surface area contributed by atoms with E-state index in [1.807, 2.05) is 62.4 Å². The highest BCUT2D eigenvalue weighted by Gasteiger charge is 2.39. The normalized spacial score (nSPS) is 17.3. The third kappa shape index (κ3) is 5.27. The molecule has 2 amide bonds. The highest BCUT2D eigenvalue weighted by molar-refractivity contribution is 8.00. The standard InChI is InChI=1S/C32H31FN4O3S/c1-21-12-13-26(22(2)18-21)37-32-29(30(34-37)23-8-4-3-5-9-23)31(24-10-6-7-11-25(24)33)41-20-28(39)36(32)19-27(38)35-14-16-40-17-15-35/h3-13,18,31H,14-17,19-20H2,1-2H3/t31-/m0/s1. The number of aryl methyl sites for hydroxylation is 2. The van der Waals surface area contributed by atoms with Gasteiger partial charge >= 0.3 is 0 Å². The van der Waals surface area contributed by atoms with E-state index in [0.29, 0.717) is 48.9 Å². The third-order valence-corrected chi connectivity index (χ3v) is 8.80. The Morgan fingerprint density at radius 3 is 2.49 bits per heavy atom. The number of amides is 2. The van der Waals surface area contributed by atoms with Crippen LogP contribution in [0.3, 0.4) is 0 Å². The van der Waals surface area contributed by atoms with Crippen molar-refractivity contribution in [1.29, 1.82) is 0 Å². The van der Waals surface area contributed by atoms with E-state index in [9.17, 15) is 9.59 Å². The van der Waals surface area contributed by atoms with Crippen molar-refractivity contribution in [2.45, 2.75) is 19.1 Å². The van der Waals surface area contributed by atoms with Crippen LogP contribution in [0.4, 0.5) is 10.2 Å². The number of carbonyl (C=O) groups is 2. The van der Waals surface area contributed by atoms with Crippen LogP contribution >= 0.6 is 11.8 Å². The van der Waals surface area contributed by atoms with E-state index >= 15 is 4.39 Å². The van der Waals surface area contributed by atoms with Gasteiger partial charge in [-0.2, -0.15) is 5.10 Å². The van der Waals surface area contributed by atoms with Gasteiger partial charge in [0.25, 0.3) is 0 Å². The number of benzene rings is 3. The number of ether oxygens (including phenoxy) is 1. The van der Waals surface area contributed by atoms with Crippen LogP contribution in [0.2, 0.25) is 0 Å². The second kappa shape index (κ2) is 11.5. The largest absolute Gasteiger partial charge is 0.378 e. The number of carbonyl (C=O) groups excluding carboxylic acids is 2. The molecule has 1 aromatic heterocycles. The topological polar surface area (TPSA) is 67.7 Å². The molecule has 0 bridgehead atoms. The number of rotatable bonds is 5. The van der Waals surface area contributed by atoms with Crippen LogP contribution < -0.4 is 4.90 Å². The number of aromatic nitrogens is 2. The monoisotopic (exact) mass is 570 g/mol. The molecular formula is C32H31FN4O3S. The summed E-state index contributed by atoms with van der Waals surface area (Å²) in [5, 5.41) is 4.60. The summed E-state index contributed by atoms with van der Waals surface area (Å²) < 4.78 is 22.6. The summed E-state index contributed by atoms with van der Waals surface area (Å²) in [7, 11) is 0. The number of thioether (sulfide) groups is 1. The Balaban J connectivity index is 1.61. The van der Waals surface area contributed by atoms with E-state index in [0.717, 1.165) is 22.4 Å². The van der Waals surface area contributed by atoms with Crippen molar-refractivity contribution >= 4 is 29.4 Å². The lowest BCUT2D eigenvalue weighted by atomic mass is 9.99. The molecule has 0 saturated carbocycles. The molecule has 1 atom stereocenters. The molecule has 4 aromatic rings. The molecule has 41 heavy (non-hydrogen) atoms. The number of halogens is 1. The molecule has 0 spiro atoms. The lowest BCUT2D eigenvalue weighted by Gasteiger charge is -2.30. The predicted molar refractivity (Wildman–Crippen MR) is 159 cm³/mol. The molecule has 6 rings (SSSR count). The molecule has 0 N–H and O–H groups in total. The summed E-state index contributed by atoms with van der Waals surface area (Å²) >= 11 is 1.36. The van der Waals surface area contributed by atoms with Crippen LogP contribution in [0, 0.1) is 19.7 Å². The third-order valence-electron chi connectivity index (χ3n) is 7.56. The minimum absolute atomic E-state index is 0.0885. The van der Waals surface area contributed by atoms with Crippen LogP contribution in [-0.4, -0.2) is 65.1 Å². The zero-order chi connectivity index (χ0) is 28.5. The Labute approximate surface area is 242 Å². The first-order valence-corrected chi connectivity index (χ1v) is 14.7. The van der Waals surface area contributed by atoms with Crippen molar-refractivity contribution in [3.05, 3.63) is 101 Å². The smallest absolute Gasteiger partial charge is 0.242 e. The first kappa shape index (κ1) is 27.2. The van der Waals surface area contributed by atoms with Gasteiger partial charge in [0.1, 0.15) is 18.2 Å². The minimum Gasteiger partial charge on any atom is -0.378 e. The van der Waals surface area contributed by atoms with Gasteiger partial charge in [-0.3, -0.25) is 14.5 Å². The van der Waals surface area contributed by atoms with E-state index in [1.165, 1.54) is 17.8 Å². The zero-order valence-corrected chi connectivity index (χ0v) is 23.9. The molecule has 0 unspecified atom stereocenters. The van der Waals surface area contributed by atoms with Crippen LogP contribution in [0.15, 0.2) is 72.8 Å². The van der Waals surface area contributed by atoms with E-state index in [-0.39, 0.29) is 29.9 Å². The van der Waals surface area contributed by atoms with Crippen LogP contribution in [0.1, 0.15) is 27.5 Å². The first-order valence-electron chi connectivity index (χ1n) is 13.7. The minimum atomic E-state index is -0.520. The fourth-order valence-electron chi connectivity index (χ4n) is 5.52. The van der Waals surface area contributed by atoms with Gasteiger partial charge in [0.05, 0.1) is 35.6 Å². The summed E-state index contributed by atoms with van der Waals surface area (Å²) in [6, 6.07) is 22.5. The number of fused-ring (bicyclic) bond motifs is 1. The number of hydrogen-bond donors (Lipinski definition) is 0. The maximum absolute atomic E-state index is 15.4. The summed E-state index contributed by atoms with van der Waals surface area (Å²) in [6.45, 7) is 5.78. The summed E-state index contributed by atoms with van der Waals surface area (Å²) in [5.41, 5.74) is 5.56. The Bertz CT molecular complexity index is 1600. The van der Waals surface area contributed by atoms with Crippen molar-refractivity contribution in [1.82, 2.24) is 14.7 Å². The van der Waals surface area contributed by atoms with E-state index < -0.39 is 5.25 Å². The second-order valence-corrected chi connectivity index (χ2v) is 11.4. The molecule has 2 aliphatic heterocycles. The van der Waals surface area contributed by atoms with Crippen molar-refractivity contribution in [2.24, 2.45) is 0 Å². The molecule has 9 heteroatoms. The highest BCUT2D eigenvalue weighted by Crippen LogP contribution is 2.49. The fraction of sp³-hybridized carbons (Fsp3) is 0.281. The maximum atomic E-state index is 15.4. The average molecular weight is 571 g/mol. The Morgan fingerprint density at radius 1 is 1.02 bits per heavy atom. The van der Waals surface area contributed by atoms with Gasteiger partial charge in [0, 0.05) is 29.8 Å². The first-order chi connectivity index (χ1) is 19.9. The van der Waals surface area contributed by atoms with Gasteiger partial charge in [-0.1, -0.05) is 66.2 Å². The summed E-state index contributed by atoms with van der Waals surface area (Å²) in [4.78, 5) is 30.7. The fourth-order valence-corrected chi connectivity index (χ4v) is 6.74. The number of anilines is 1.